The number of nitrogens with one attached hydrogen (secondary N) is 3. The fourth-order valence-electron chi connectivity index (χ4n) is 3.92. The molecule has 3 N–H and O–H groups in total. The summed E-state index contributed by atoms with van der Waals surface area (Å²) < 4.78 is 10.5. The van der Waals surface area contributed by atoms with Gasteiger partial charge in [-0.2, -0.15) is 0 Å². The molecular weight excluding hydrogens is 368 g/mol. The molecular formula is C22H26N4O3. The van der Waals surface area contributed by atoms with Gasteiger partial charge in [-0.1, -0.05) is 12.8 Å². The van der Waals surface area contributed by atoms with Crippen LogP contribution in [0.3, 0.4) is 0 Å². The van der Waals surface area contributed by atoms with Gasteiger partial charge in [-0.3, -0.25) is 4.79 Å². The van der Waals surface area contributed by atoms with Gasteiger partial charge in [-0.25, -0.2) is 4.98 Å². The molecule has 1 amide bonds. The first-order valence-corrected chi connectivity index (χ1v) is 9.85. The second-order valence-electron chi connectivity index (χ2n) is 7.39. The third kappa shape index (κ3) is 3.99. The lowest BCUT2D eigenvalue weighted by Gasteiger charge is -2.30. The van der Waals surface area contributed by atoms with Gasteiger partial charge in [-0.05, 0) is 49.2 Å². The number of benzene rings is 2. The van der Waals surface area contributed by atoms with Gasteiger partial charge in [0.05, 0.1) is 31.8 Å². The Morgan fingerprint density at radius 3 is 2.45 bits per heavy atom. The van der Waals surface area contributed by atoms with Gasteiger partial charge in [0.25, 0.3) is 0 Å². The highest BCUT2D eigenvalue weighted by Crippen LogP contribution is 2.34. The Hall–Kier alpha value is -3.22. The van der Waals surface area contributed by atoms with Crippen LogP contribution in [-0.4, -0.2) is 35.6 Å². The predicted molar refractivity (Wildman–Crippen MR) is 112 cm³/mol. The number of aromatic nitrogens is 2. The topological polar surface area (TPSA) is 88.3 Å². The highest BCUT2D eigenvalue weighted by molar-refractivity contribution is 5.90. The van der Waals surface area contributed by atoms with Gasteiger partial charge in [-0.15, -0.1) is 0 Å². The van der Waals surface area contributed by atoms with E-state index in [2.05, 4.69) is 20.6 Å². The van der Waals surface area contributed by atoms with Crippen molar-refractivity contribution in [3.63, 3.8) is 0 Å². The van der Waals surface area contributed by atoms with Crippen molar-refractivity contribution in [2.75, 3.05) is 19.5 Å². The summed E-state index contributed by atoms with van der Waals surface area (Å²) in [4.78, 5) is 20.9. The molecule has 1 aromatic heterocycles. The molecule has 0 unspecified atom stereocenters. The van der Waals surface area contributed by atoms with E-state index in [0.29, 0.717) is 6.54 Å². The Bertz CT molecular complexity index is 991. The summed E-state index contributed by atoms with van der Waals surface area (Å²) in [5.41, 5.74) is 2.06. The zero-order chi connectivity index (χ0) is 20.3. The quantitative estimate of drug-likeness (QED) is 0.570. The summed E-state index contributed by atoms with van der Waals surface area (Å²) in [5.74, 6) is 2.29. The van der Waals surface area contributed by atoms with E-state index in [1.165, 1.54) is 0 Å². The van der Waals surface area contributed by atoms with Gasteiger partial charge in [0.1, 0.15) is 22.9 Å². The van der Waals surface area contributed by atoms with E-state index < -0.39 is 5.54 Å². The number of ether oxygens (including phenoxy) is 2. The average Bonchev–Trinajstić information content (AvgIpc) is 3.39. The molecule has 29 heavy (non-hydrogen) atoms. The third-order valence-corrected chi connectivity index (χ3v) is 5.52. The number of hydrogen-bond donors (Lipinski definition) is 3. The minimum Gasteiger partial charge on any atom is -0.497 e. The molecule has 7 heteroatoms. The molecule has 1 heterocycles. The molecule has 0 spiro atoms. The average molecular weight is 394 g/mol. The Morgan fingerprint density at radius 2 is 1.76 bits per heavy atom. The first-order valence-electron chi connectivity index (χ1n) is 9.85. The number of nitrogens with zero attached hydrogens (tertiary/aromatic N) is 1. The fraction of sp³-hybridized carbons (Fsp3) is 0.364. The number of carbonyl (C=O) groups excluding carboxylic acids is 1. The van der Waals surface area contributed by atoms with Crippen LogP contribution in [0.1, 0.15) is 31.5 Å². The molecule has 1 aliphatic carbocycles. The van der Waals surface area contributed by atoms with E-state index in [1.807, 2.05) is 42.5 Å². The molecule has 0 bridgehead atoms. The monoisotopic (exact) mass is 394 g/mol. The normalized spacial score (nSPS) is 15.2. The van der Waals surface area contributed by atoms with Gasteiger partial charge in [0.15, 0.2) is 0 Å². The predicted octanol–water partition coefficient (Wildman–Crippen LogP) is 3.62. The minimum absolute atomic E-state index is 0.00357. The fourth-order valence-corrected chi connectivity index (χ4v) is 3.92. The number of hydrogen-bond acceptors (Lipinski definition) is 5. The maximum Gasteiger partial charge on any atom is 0.246 e. The second kappa shape index (κ2) is 8.03. The lowest BCUT2D eigenvalue weighted by molar-refractivity contribution is -0.125. The molecule has 0 radical (unpaired) electrons. The molecule has 0 atom stereocenters. The molecule has 152 valence electrons. The summed E-state index contributed by atoms with van der Waals surface area (Å²) in [7, 11) is 3.28. The summed E-state index contributed by atoms with van der Waals surface area (Å²) in [5, 5.41) is 6.53. The number of carbonyl (C=O) groups is 1. The zero-order valence-electron chi connectivity index (χ0n) is 16.7. The van der Waals surface area contributed by atoms with Gasteiger partial charge in [0, 0.05) is 11.8 Å². The van der Waals surface area contributed by atoms with Crippen LogP contribution in [0.15, 0.2) is 42.5 Å². The number of imidazole rings is 1. The van der Waals surface area contributed by atoms with E-state index in [9.17, 15) is 4.79 Å². The SMILES string of the molecule is COc1ccc(NC2(C(=O)NCc3nc4ccc(OC)cc4[nH]3)CCCC2)cc1. The van der Waals surface area contributed by atoms with Crippen LogP contribution in [0.25, 0.3) is 11.0 Å². The smallest absolute Gasteiger partial charge is 0.246 e. The number of amides is 1. The van der Waals surface area contributed by atoms with E-state index >= 15 is 0 Å². The van der Waals surface area contributed by atoms with Crippen LogP contribution < -0.4 is 20.1 Å². The van der Waals surface area contributed by atoms with Crippen molar-refractivity contribution in [1.29, 1.82) is 0 Å². The largest absolute Gasteiger partial charge is 0.497 e. The molecule has 1 fully saturated rings. The molecule has 3 aromatic rings. The molecule has 1 aliphatic rings. The first-order chi connectivity index (χ1) is 14.1. The highest BCUT2D eigenvalue weighted by Gasteiger charge is 2.41. The van der Waals surface area contributed by atoms with Gasteiger partial charge < -0.3 is 25.1 Å². The van der Waals surface area contributed by atoms with Crippen molar-refractivity contribution < 1.29 is 14.3 Å². The number of rotatable bonds is 7. The number of H-pyrrole nitrogens is 1. The number of anilines is 1. The van der Waals surface area contributed by atoms with Gasteiger partial charge >= 0.3 is 0 Å². The van der Waals surface area contributed by atoms with Crippen molar-refractivity contribution in [1.82, 2.24) is 15.3 Å². The van der Waals surface area contributed by atoms with E-state index in [1.54, 1.807) is 14.2 Å². The Labute approximate surface area is 169 Å². The highest BCUT2D eigenvalue weighted by atomic mass is 16.5. The van der Waals surface area contributed by atoms with E-state index in [0.717, 1.165) is 59.7 Å². The third-order valence-electron chi connectivity index (χ3n) is 5.52. The molecule has 4 rings (SSSR count). The number of fused-ring (bicyclic) bond motifs is 1. The maximum absolute atomic E-state index is 13.1. The van der Waals surface area contributed by atoms with Crippen molar-refractivity contribution in [2.45, 2.75) is 37.8 Å². The Balaban J connectivity index is 1.46. The minimum atomic E-state index is -0.593. The van der Waals surface area contributed by atoms with Crippen LogP contribution in [0, 0.1) is 0 Å². The molecule has 1 saturated carbocycles. The van der Waals surface area contributed by atoms with Crippen LogP contribution >= 0.6 is 0 Å². The maximum atomic E-state index is 13.1. The van der Waals surface area contributed by atoms with Crippen molar-refractivity contribution in [3.8, 4) is 11.5 Å². The van der Waals surface area contributed by atoms with Crippen molar-refractivity contribution in [3.05, 3.63) is 48.3 Å². The summed E-state index contributed by atoms with van der Waals surface area (Å²) >= 11 is 0. The van der Waals surface area contributed by atoms with E-state index in [-0.39, 0.29) is 5.91 Å². The number of aromatic amines is 1. The van der Waals surface area contributed by atoms with Crippen LogP contribution in [0.2, 0.25) is 0 Å². The Morgan fingerprint density at radius 1 is 1.07 bits per heavy atom. The summed E-state index contributed by atoms with van der Waals surface area (Å²) in [6.45, 7) is 0.349. The summed E-state index contributed by atoms with van der Waals surface area (Å²) in [6, 6.07) is 13.4. The van der Waals surface area contributed by atoms with Crippen LogP contribution in [0.4, 0.5) is 5.69 Å². The molecule has 7 nitrogen and oxygen atoms in total. The zero-order valence-corrected chi connectivity index (χ0v) is 16.7. The lowest BCUT2D eigenvalue weighted by atomic mass is 9.95. The Kier molecular flexibility index (Phi) is 5.29. The molecule has 2 aromatic carbocycles. The molecule has 0 saturated heterocycles. The first kappa shape index (κ1) is 19.1. The van der Waals surface area contributed by atoms with Crippen LogP contribution in [-0.2, 0) is 11.3 Å². The summed E-state index contributed by atoms with van der Waals surface area (Å²) in [6.07, 6.45) is 3.67. The standard InChI is InChI=1S/C22H26N4O3/c1-28-16-7-5-15(6-8-16)26-22(11-3-4-12-22)21(27)23-14-20-24-18-10-9-17(29-2)13-19(18)25-20/h5-10,13,26H,3-4,11-12,14H2,1-2H3,(H,23,27)(H,24,25). The second-order valence-corrected chi connectivity index (χ2v) is 7.39. The van der Waals surface area contributed by atoms with Gasteiger partial charge in [0.2, 0.25) is 5.91 Å². The van der Waals surface area contributed by atoms with Crippen LogP contribution in [0.5, 0.6) is 11.5 Å². The van der Waals surface area contributed by atoms with Crippen molar-refractivity contribution in [2.24, 2.45) is 0 Å². The molecule has 0 aliphatic heterocycles. The van der Waals surface area contributed by atoms with Crippen molar-refractivity contribution >= 4 is 22.6 Å². The number of methoxy groups -OCH3 is 2. The van der Waals surface area contributed by atoms with E-state index in [4.69, 9.17) is 9.47 Å². The lowest BCUT2D eigenvalue weighted by Crippen LogP contribution is -2.50.